The van der Waals surface area contributed by atoms with Crippen molar-refractivity contribution in [3.05, 3.63) is 36.5 Å². The second kappa shape index (κ2) is 41.8. The van der Waals surface area contributed by atoms with Gasteiger partial charge < -0.3 is 64.2 Å². The number of ether oxygens (including phenoxy) is 6. The zero-order valence-electron chi connectivity index (χ0n) is 42.3. The lowest BCUT2D eigenvalue weighted by atomic mass is 9.98. The Labute approximate surface area is 410 Å². The summed E-state index contributed by atoms with van der Waals surface area (Å²) >= 11 is 0. The van der Waals surface area contributed by atoms with Crippen molar-refractivity contribution in [2.75, 3.05) is 33.0 Å². The Morgan fingerprint density at radius 2 is 0.912 bits per heavy atom. The summed E-state index contributed by atoms with van der Waals surface area (Å²) in [6.45, 7) is 3.65. The largest absolute Gasteiger partial charge is 0.457 e. The number of aliphatic hydroxyl groups excluding tert-OH is 7. The number of carbonyl (C=O) groups is 1. The van der Waals surface area contributed by atoms with Crippen molar-refractivity contribution in [3.8, 4) is 0 Å². The van der Waals surface area contributed by atoms with Gasteiger partial charge in [-0.1, -0.05) is 159 Å². The molecule has 0 amide bonds. The van der Waals surface area contributed by atoms with Crippen LogP contribution in [0.4, 0.5) is 0 Å². The molecule has 0 aromatic heterocycles. The fourth-order valence-electron chi connectivity index (χ4n) is 8.43. The molecule has 2 saturated heterocycles. The average Bonchev–Trinajstić information content (AvgIpc) is 3.33. The van der Waals surface area contributed by atoms with Crippen LogP contribution in [0.2, 0.25) is 0 Å². The van der Waals surface area contributed by atoms with E-state index in [0.29, 0.717) is 13.0 Å². The molecule has 2 rings (SSSR count). The summed E-state index contributed by atoms with van der Waals surface area (Å²) in [7, 11) is 0. The van der Waals surface area contributed by atoms with Crippen LogP contribution in [0, 0.1) is 0 Å². The summed E-state index contributed by atoms with van der Waals surface area (Å²) in [5.41, 5.74) is 0. The summed E-state index contributed by atoms with van der Waals surface area (Å²) < 4.78 is 34.3. The first-order chi connectivity index (χ1) is 33.1. The Kier molecular flexibility index (Phi) is 38.3. The van der Waals surface area contributed by atoms with Crippen LogP contribution in [0.15, 0.2) is 36.5 Å². The van der Waals surface area contributed by atoms with E-state index in [2.05, 4.69) is 50.3 Å². The molecule has 0 aromatic carbocycles. The van der Waals surface area contributed by atoms with Crippen LogP contribution < -0.4 is 0 Å². The fraction of sp³-hybridized carbons (Fsp3) is 0.870. The predicted molar refractivity (Wildman–Crippen MR) is 266 cm³/mol. The molecule has 0 bridgehead atoms. The van der Waals surface area contributed by atoms with Gasteiger partial charge in [-0.05, 0) is 70.6 Å². The van der Waals surface area contributed by atoms with Gasteiger partial charge in [0.05, 0.1) is 26.4 Å². The minimum absolute atomic E-state index is 0.0565. The van der Waals surface area contributed by atoms with Gasteiger partial charge in [0.25, 0.3) is 0 Å². The maximum absolute atomic E-state index is 13.0. The lowest BCUT2D eigenvalue weighted by molar-refractivity contribution is -0.332. The second-order valence-corrected chi connectivity index (χ2v) is 19.0. The Hall–Kier alpha value is -1.79. The van der Waals surface area contributed by atoms with E-state index in [4.69, 9.17) is 28.4 Å². The van der Waals surface area contributed by atoms with E-state index in [9.17, 15) is 40.5 Å². The molecule has 0 saturated carbocycles. The second-order valence-electron chi connectivity index (χ2n) is 19.0. The molecule has 2 fully saturated rings. The summed E-state index contributed by atoms with van der Waals surface area (Å²) in [6, 6.07) is 0. The highest BCUT2D eigenvalue weighted by atomic mass is 16.7. The summed E-state index contributed by atoms with van der Waals surface area (Å²) in [4.78, 5) is 13.0. The van der Waals surface area contributed by atoms with Crippen molar-refractivity contribution >= 4 is 5.97 Å². The van der Waals surface area contributed by atoms with Gasteiger partial charge in [0.2, 0.25) is 0 Å². The first-order valence-corrected chi connectivity index (χ1v) is 27.1. The van der Waals surface area contributed by atoms with Gasteiger partial charge >= 0.3 is 5.97 Å². The first kappa shape index (κ1) is 62.3. The van der Waals surface area contributed by atoms with Crippen LogP contribution >= 0.6 is 0 Å². The lowest BCUT2D eigenvalue weighted by Crippen LogP contribution is -2.61. The molecule has 7 N–H and O–H groups in total. The molecule has 2 aliphatic heterocycles. The Morgan fingerprint density at radius 1 is 0.485 bits per heavy atom. The van der Waals surface area contributed by atoms with Gasteiger partial charge in [-0.2, -0.15) is 0 Å². The molecule has 398 valence electrons. The molecule has 14 heteroatoms. The van der Waals surface area contributed by atoms with Gasteiger partial charge in [-0.3, -0.25) is 4.79 Å². The van der Waals surface area contributed by atoms with Gasteiger partial charge in [-0.25, -0.2) is 0 Å². The summed E-state index contributed by atoms with van der Waals surface area (Å²) in [5, 5.41) is 72.2. The van der Waals surface area contributed by atoms with Crippen molar-refractivity contribution in [2.45, 2.75) is 268 Å². The number of unbranched alkanes of at least 4 members (excludes halogenated alkanes) is 23. The third-order valence-corrected chi connectivity index (χ3v) is 12.9. The molecule has 0 spiro atoms. The SMILES string of the molecule is CCCCC/C=C\CCCCCCCCOCC(COC1OC(COC2OC(CO)C(O)C(O)C2O)C(O)C(O)C1O)OC(=O)CCCCCCCCCCC/C=C\C/C=C\CCCCCCC. The minimum Gasteiger partial charge on any atom is -0.457 e. The molecular weight excluding hydrogens is 873 g/mol. The highest BCUT2D eigenvalue weighted by Crippen LogP contribution is 2.26. The normalized spacial score (nSPS) is 26.1. The number of aliphatic hydroxyl groups is 7. The number of rotatable bonds is 43. The van der Waals surface area contributed by atoms with E-state index < -0.39 is 80.7 Å². The maximum atomic E-state index is 13.0. The van der Waals surface area contributed by atoms with Crippen LogP contribution in [-0.4, -0.2) is 142 Å². The zero-order valence-corrected chi connectivity index (χ0v) is 42.3. The molecule has 68 heavy (non-hydrogen) atoms. The lowest BCUT2D eigenvalue weighted by Gasteiger charge is -2.42. The quantitative estimate of drug-likeness (QED) is 0.0173. The van der Waals surface area contributed by atoms with E-state index >= 15 is 0 Å². The number of hydrogen-bond donors (Lipinski definition) is 7. The molecule has 11 atom stereocenters. The van der Waals surface area contributed by atoms with Crippen molar-refractivity contribution in [3.63, 3.8) is 0 Å². The minimum atomic E-state index is -1.71. The summed E-state index contributed by atoms with van der Waals surface area (Å²) in [5.74, 6) is -0.382. The topological polar surface area (TPSA) is 214 Å². The van der Waals surface area contributed by atoms with Crippen LogP contribution in [0.3, 0.4) is 0 Å². The molecule has 14 nitrogen and oxygen atoms in total. The molecule has 2 heterocycles. The Balaban J connectivity index is 1.73. The molecule has 11 unspecified atom stereocenters. The molecule has 0 aromatic rings. The average molecular weight is 971 g/mol. The van der Waals surface area contributed by atoms with Gasteiger partial charge in [0.1, 0.15) is 54.9 Å². The monoisotopic (exact) mass is 971 g/mol. The molecule has 0 radical (unpaired) electrons. The van der Waals surface area contributed by atoms with Crippen LogP contribution in [0.5, 0.6) is 0 Å². The number of esters is 1. The highest BCUT2D eigenvalue weighted by Gasteiger charge is 2.47. The van der Waals surface area contributed by atoms with Crippen molar-refractivity contribution in [1.29, 1.82) is 0 Å². The van der Waals surface area contributed by atoms with Gasteiger partial charge in [0, 0.05) is 13.0 Å². The third kappa shape index (κ3) is 28.9. The van der Waals surface area contributed by atoms with Crippen LogP contribution in [0.1, 0.15) is 200 Å². The maximum Gasteiger partial charge on any atom is 0.306 e. The summed E-state index contributed by atoms with van der Waals surface area (Å²) in [6.07, 6.45) is 30.6. The van der Waals surface area contributed by atoms with Crippen molar-refractivity contribution in [1.82, 2.24) is 0 Å². The van der Waals surface area contributed by atoms with Crippen LogP contribution in [-0.2, 0) is 33.2 Å². The van der Waals surface area contributed by atoms with Gasteiger partial charge in [-0.15, -0.1) is 0 Å². The number of allylic oxidation sites excluding steroid dienone is 6. The van der Waals surface area contributed by atoms with Crippen molar-refractivity contribution in [2.24, 2.45) is 0 Å². The van der Waals surface area contributed by atoms with E-state index in [1.165, 1.54) is 116 Å². The van der Waals surface area contributed by atoms with E-state index in [1.807, 2.05) is 0 Å². The van der Waals surface area contributed by atoms with Crippen LogP contribution in [0.25, 0.3) is 0 Å². The molecular formula is C54H98O14. The Morgan fingerprint density at radius 3 is 1.46 bits per heavy atom. The fourth-order valence-corrected chi connectivity index (χ4v) is 8.43. The standard InChI is InChI=1S/C54H98O14/c1-3-5-7-9-11-13-15-17-18-19-20-21-22-23-24-25-27-29-31-33-35-37-46(56)66-43(40-63-38-36-34-32-30-28-26-16-14-12-10-8-6-4-2)41-64-53-52(62)50(60)48(58)45(68-53)42-65-54-51(61)49(59)47(57)44(39-55)67-54/h12,14-15,17,19-20,43-45,47-55,57-62H,3-11,13,16,18,21-42H2,1-2H3/b14-12-,17-15-,20-19-. The molecule has 0 aliphatic carbocycles. The number of hydrogen-bond acceptors (Lipinski definition) is 14. The molecule has 2 aliphatic rings. The van der Waals surface area contributed by atoms with E-state index in [0.717, 1.165) is 57.8 Å². The predicted octanol–water partition coefficient (Wildman–Crippen LogP) is 8.58. The van der Waals surface area contributed by atoms with Crippen molar-refractivity contribution < 1.29 is 69.0 Å². The first-order valence-electron chi connectivity index (χ1n) is 27.1. The zero-order chi connectivity index (χ0) is 49.5. The highest BCUT2D eigenvalue weighted by molar-refractivity contribution is 5.69. The van der Waals surface area contributed by atoms with E-state index in [-0.39, 0.29) is 25.6 Å². The van der Waals surface area contributed by atoms with Gasteiger partial charge in [0.15, 0.2) is 12.6 Å². The smallest absolute Gasteiger partial charge is 0.306 e. The Bertz CT molecular complexity index is 1260. The number of carbonyl (C=O) groups excluding carboxylic acids is 1. The van der Waals surface area contributed by atoms with E-state index in [1.54, 1.807) is 0 Å². The third-order valence-electron chi connectivity index (χ3n) is 12.9.